The fourth-order valence-electron chi connectivity index (χ4n) is 0.677. The second kappa shape index (κ2) is 7.39. The first-order valence-corrected chi connectivity index (χ1v) is 3.79. The largest absolute Gasteiger partial charge is 0.388 e. The van der Waals surface area contributed by atoms with E-state index in [4.69, 9.17) is 5.73 Å². The van der Waals surface area contributed by atoms with E-state index in [1.807, 2.05) is 0 Å². The van der Waals surface area contributed by atoms with Crippen molar-refractivity contribution in [3.05, 3.63) is 29.6 Å². The molecule has 0 unspecified atom stereocenters. The second-order valence-corrected chi connectivity index (χ2v) is 2.28. The summed E-state index contributed by atoms with van der Waals surface area (Å²) in [6, 6.07) is 5.19. The van der Waals surface area contributed by atoms with Crippen LogP contribution >= 0.6 is 0 Å². The van der Waals surface area contributed by atoms with Crippen LogP contribution in [0.15, 0.2) is 18.2 Å². The van der Waals surface area contributed by atoms with Gasteiger partial charge in [0.25, 0.3) is 0 Å². The molecule has 0 spiro atoms. The lowest BCUT2D eigenvalue weighted by Gasteiger charge is -1.93. The zero-order chi connectivity index (χ0) is 10.1. The van der Waals surface area contributed by atoms with Crippen LogP contribution in [0.4, 0.5) is 0 Å². The Kier molecular flexibility index (Phi) is 6.68. The van der Waals surface area contributed by atoms with Crippen LogP contribution in [0.5, 0.6) is 0 Å². The highest BCUT2D eigenvalue weighted by molar-refractivity contribution is 5.71. The highest BCUT2D eigenvalue weighted by atomic mass is 16.4. The molecule has 1 aromatic heterocycles. The minimum Gasteiger partial charge on any atom is -0.388 e. The SMILES string of the molecule is COC.NCc1cccc(C=O)n1. The number of nitrogens with zero attached hydrogens (tertiary/aromatic N) is 1. The number of rotatable bonds is 2. The third kappa shape index (κ3) is 5.05. The molecule has 72 valence electrons. The van der Waals surface area contributed by atoms with Crippen molar-refractivity contribution in [1.82, 2.24) is 4.98 Å². The van der Waals surface area contributed by atoms with Crippen molar-refractivity contribution in [3.63, 3.8) is 0 Å². The molecule has 0 atom stereocenters. The Labute approximate surface area is 77.7 Å². The van der Waals surface area contributed by atoms with Gasteiger partial charge in [0.1, 0.15) is 5.69 Å². The van der Waals surface area contributed by atoms with Crippen LogP contribution in [-0.4, -0.2) is 25.5 Å². The van der Waals surface area contributed by atoms with Gasteiger partial charge < -0.3 is 10.5 Å². The Hall–Kier alpha value is -1.26. The number of nitrogens with two attached hydrogens (primary N) is 1. The maximum Gasteiger partial charge on any atom is 0.168 e. The molecule has 0 aliphatic rings. The Morgan fingerprint density at radius 3 is 2.62 bits per heavy atom. The lowest BCUT2D eigenvalue weighted by molar-refractivity contribution is 0.111. The van der Waals surface area contributed by atoms with E-state index in [2.05, 4.69) is 9.72 Å². The normalized spacial score (nSPS) is 8.54. The van der Waals surface area contributed by atoms with Crippen LogP contribution in [0.3, 0.4) is 0 Å². The lowest BCUT2D eigenvalue weighted by Crippen LogP contribution is -2.00. The number of carbonyl (C=O) groups excluding carboxylic acids is 1. The molecule has 4 heteroatoms. The second-order valence-electron chi connectivity index (χ2n) is 2.28. The molecule has 0 aliphatic carbocycles. The molecule has 0 amide bonds. The number of hydrogen-bond acceptors (Lipinski definition) is 4. The first kappa shape index (κ1) is 11.7. The van der Waals surface area contributed by atoms with Crippen LogP contribution in [0.2, 0.25) is 0 Å². The summed E-state index contributed by atoms with van der Waals surface area (Å²) < 4.78 is 4.25. The van der Waals surface area contributed by atoms with Crippen LogP contribution < -0.4 is 5.73 Å². The van der Waals surface area contributed by atoms with Crippen LogP contribution in [0.1, 0.15) is 16.2 Å². The Morgan fingerprint density at radius 1 is 1.54 bits per heavy atom. The third-order valence-corrected chi connectivity index (χ3v) is 1.16. The molecule has 4 nitrogen and oxygen atoms in total. The summed E-state index contributed by atoms with van der Waals surface area (Å²) in [5.74, 6) is 0. The van der Waals surface area contributed by atoms with Gasteiger partial charge in [0, 0.05) is 20.8 Å². The Balaban J connectivity index is 0.000000424. The maximum absolute atomic E-state index is 10.2. The molecule has 0 aromatic carbocycles. The maximum atomic E-state index is 10.2. The molecule has 1 aromatic rings. The van der Waals surface area contributed by atoms with Gasteiger partial charge in [-0.05, 0) is 12.1 Å². The van der Waals surface area contributed by atoms with Gasteiger partial charge in [0.2, 0.25) is 0 Å². The van der Waals surface area contributed by atoms with Crippen molar-refractivity contribution in [2.24, 2.45) is 5.73 Å². The van der Waals surface area contributed by atoms with E-state index in [9.17, 15) is 4.79 Å². The minimum atomic E-state index is 0.377. The molecule has 0 bridgehead atoms. The lowest BCUT2D eigenvalue weighted by atomic mass is 10.3. The Bertz CT molecular complexity index is 251. The van der Waals surface area contributed by atoms with E-state index in [-0.39, 0.29) is 0 Å². The van der Waals surface area contributed by atoms with Crippen LogP contribution in [0, 0.1) is 0 Å². The molecule has 13 heavy (non-hydrogen) atoms. The van der Waals surface area contributed by atoms with E-state index >= 15 is 0 Å². The van der Waals surface area contributed by atoms with Gasteiger partial charge in [0.15, 0.2) is 6.29 Å². The molecule has 0 radical (unpaired) electrons. The van der Waals surface area contributed by atoms with E-state index < -0.39 is 0 Å². The topological polar surface area (TPSA) is 65.2 Å². The van der Waals surface area contributed by atoms with Gasteiger partial charge in [-0.3, -0.25) is 4.79 Å². The van der Waals surface area contributed by atoms with Gasteiger partial charge >= 0.3 is 0 Å². The summed E-state index contributed by atoms with van der Waals surface area (Å²) in [6.07, 6.45) is 0.708. The number of hydrogen-bond donors (Lipinski definition) is 1. The average Bonchev–Trinajstić information content (AvgIpc) is 2.19. The van der Waals surface area contributed by atoms with Crippen molar-refractivity contribution in [2.45, 2.75) is 6.54 Å². The number of aldehydes is 1. The number of carbonyl (C=O) groups is 1. The van der Waals surface area contributed by atoms with Crippen LogP contribution in [-0.2, 0) is 11.3 Å². The summed E-state index contributed by atoms with van der Waals surface area (Å²) in [6.45, 7) is 0.377. The van der Waals surface area contributed by atoms with E-state index in [1.165, 1.54) is 0 Å². The first-order chi connectivity index (χ1) is 6.28. The fourth-order valence-corrected chi connectivity index (χ4v) is 0.677. The summed E-state index contributed by atoms with van der Waals surface area (Å²) >= 11 is 0. The fraction of sp³-hybridized carbons (Fsp3) is 0.333. The first-order valence-electron chi connectivity index (χ1n) is 3.79. The van der Waals surface area contributed by atoms with Crippen molar-refractivity contribution < 1.29 is 9.53 Å². The molecule has 1 heterocycles. The molecule has 0 saturated carbocycles. The predicted molar refractivity (Wildman–Crippen MR) is 50.4 cm³/mol. The van der Waals surface area contributed by atoms with Gasteiger partial charge in [0.05, 0.1) is 5.69 Å². The average molecular weight is 182 g/mol. The Morgan fingerprint density at radius 2 is 2.15 bits per heavy atom. The summed E-state index contributed by atoms with van der Waals surface area (Å²) in [4.78, 5) is 14.1. The number of methoxy groups -OCH3 is 1. The van der Waals surface area contributed by atoms with E-state index in [0.717, 1.165) is 5.69 Å². The minimum absolute atomic E-state index is 0.377. The number of ether oxygens (including phenoxy) is 1. The van der Waals surface area contributed by atoms with Crippen molar-refractivity contribution in [3.8, 4) is 0 Å². The van der Waals surface area contributed by atoms with Gasteiger partial charge in [-0.1, -0.05) is 6.07 Å². The molecule has 0 saturated heterocycles. The summed E-state index contributed by atoms with van der Waals surface area (Å²) in [5, 5.41) is 0. The van der Waals surface area contributed by atoms with Gasteiger partial charge in [-0.15, -0.1) is 0 Å². The standard InChI is InChI=1S/C7H8N2O.C2H6O/c8-4-6-2-1-3-7(5-10)9-6;1-3-2/h1-3,5H,4,8H2;1-2H3. The van der Waals surface area contributed by atoms with E-state index in [1.54, 1.807) is 32.4 Å². The van der Waals surface area contributed by atoms with E-state index in [0.29, 0.717) is 18.5 Å². The van der Waals surface area contributed by atoms with Crippen molar-refractivity contribution >= 4 is 6.29 Å². The molecule has 0 aliphatic heterocycles. The zero-order valence-corrected chi connectivity index (χ0v) is 7.86. The van der Waals surface area contributed by atoms with Gasteiger partial charge in [-0.25, -0.2) is 4.98 Å². The molecular formula is C9H14N2O2. The molecule has 2 N–H and O–H groups in total. The highest BCUT2D eigenvalue weighted by Gasteiger charge is 1.91. The smallest absolute Gasteiger partial charge is 0.168 e. The van der Waals surface area contributed by atoms with Crippen LogP contribution in [0.25, 0.3) is 0 Å². The number of pyridine rings is 1. The number of aromatic nitrogens is 1. The molecular weight excluding hydrogens is 168 g/mol. The monoisotopic (exact) mass is 182 g/mol. The zero-order valence-electron chi connectivity index (χ0n) is 7.86. The summed E-state index contributed by atoms with van der Waals surface area (Å²) in [7, 11) is 3.25. The quantitative estimate of drug-likeness (QED) is 0.681. The van der Waals surface area contributed by atoms with Gasteiger partial charge in [-0.2, -0.15) is 0 Å². The van der Waals surface area contributed by atoms with Crippen molar-refractivity contribution in [2.75, 3.05) is 14.2 Å². The molecule has 0 fully saturated rings. The van der Waals surface area contributed by atoms with Crippen molar-refractivity contribution in [1.29, 1.82) is 0 Å². The predicted octanol–water partition coefficient (Wildman–Crippen LogP) is 0.615. The molecule has 1 rings (SSSR count). The highest BCUT2D eigenvalue weighted by Crippen LogP contribution is 1.94. The summed E-state index contributed by atoms with van der Waals surface area (Å²) in [5.41, 5.74) is 6.47. The third-order valence-electron chi connectivity index (χ3n) is 1.16.